The lowest BCUT2D eigenvalue weighted by molar-refractivity contribution is 0.330. The molecular weight excluding hydrogens is 534 g/mol. The summed E-state index contributed by atoms with van der Waals surface area (Å²) in [5.41, 5.74) is 0.774. The van der Waals surface area contributed by atoms with Gasteiger partial charge in [0.25, 0.3) is 10.0 Å². The smallest absolute Gasteiger partial charge is 0.266 e. The van der Waals surface area contributed by atoms with Crippen LogP contribution >= 0.6 is 23.3 Å². The Morgan fingerprint density at radius 3 is 2.43 bits per heavy atom. The first-order chi connectivity index (χ1) is 17.9. The molecule has 0 amide bonds. The van der Waals surface area contributed by atoms with E-state index in [1.165, 1.54) is 37.3 Å². The molecule has 0 spiro atoms. The van der Waals surface area contributed by atoms with Gasteiger partial charge in [0, 0.05) is 33.0 Å². The molecule has 1 aromatic heterocycles. The molecule has 190 valence electrons. The molecule has 3 aromatic carbocycles. The third kappa shape index (κ3) is 5.78. The molecule has 0 unspecified atom stereocenters. The van der Waals surface area contributed by atoms with Gasteiger partial charge in [-0.15, -0.1) is 0 Å². The highest BCUT2D eigenvalue weighted by molar-refractivity contribution is 7.99. The standard InChI is InChI=1S/C24H21N5O5S3/c1-32-18-5-7-20(8-6-18)35-23-10-9-21(11-17(23)13-25)37(30,31)29(24-27-15-28-36-24)14-16-3-4-19(34-26)12-22(16)33-2/h3-12,15H,14,26H2,1-2H3. The quantitative estimate of drug-likeness (QED) is 0.283. The van der Waals surface area contributed by atoms with Gasteiger partial charge < -0.3 is 14.3 Å². The van der Waals surface area contributed by atoms with Gasteiger partial charge in [-0.25, -0.2) is 17.7 Å². The predicted octanol–water partition coefficient (Wildman–Crippen LogP) is 4.23. The molecule has 0 aliphatic heterocycles. The molecule has 4 rings (SSSR count). The van der Waals surface area contributed by atoms with E-state index in [9.17, 15) is 13.7 Å². The number of nitriles is 1. The zero-order valence-corrected chi connectivity index (χ0v) is 22.1. The number of ether oxygens (including phenoxy) is 2. The molecule has 0 saturated heterocycles. The molecule has 37 heavy (non-hydrogen) atoms. The number of hydrogen-bond donors (Lipinski definition) is 1. The van der Waals surface area contributed by atoms with Gasteiger partial charge in [0.1, 0.15) is 23.9 Å². The van der Waals surface area contributed by atoms with E-state index >= 15 is 0 Å². The van der Waals surface area contributed by atoms with Crippen molar-refractivity contribution in [3.05, 3.63) is 78.1 Å². The maximum atomic E-state index is 13.8. The maximum absolute atomic E-state index is 13.8. The van der Waals surface area contributed by atoms with Crippen LogP contribution in [0.25, 0.3) is 0 Å². The van der Waals surface area contributed by atoms with Crippen LogP contribution in [0.4, 0.5) is 5.13 Å². The van der Waals surface area contributed by atoms with Crippen molar-refractivity contribution in [2.45, 2.75) is 21.2 Å². The molecule has 0 saturated carbocycles. The molecule has 0 radical (unpaired) electrons. The molecule has 0 aliphatic rings. The van der Waals surface area contributed by atoms with Crippen LogP contribution in [-0.2, 0) is 16.6 Å². The number of aromatic nitrogens is 2. The van der Waals surface area contributed by atoms with Crippen molar-refractivity contribution in [1.82, 2.24) is 9.36 Å². The normalized spacial score (nSPS) is 11.0. The van der Waals surface area contributed by atoms with Crippen molar-refractivity contribution in [3.8, 4) is 23.3 Å². The van der Waals surface area contributed by atoms with Crippen molar-refractivity contribution >= 4 is 38.4 Å². The summed E-state index contributed by atoms with van der Waals surface area (Å²) < 4.78 is 43.3. The van der Waals surface area contributed by atoms with Gasteiger partial charge in [-0.3, -0.25) is 0 Å². The van der Waals surface area contributed by atoms with Gasteiger partial charge in [0.2, 0.25) is 5.13 Å². The van der Waals surface area contributed by atoms with Crippen LogP contribution in [0.15, 0.2) is 81.7 Å². The second-order valence-electron chi connectivity index (χ2n) is 7.37. The van der Waals surface area contributed by atoms with E-state index in [0.717, 1.165) is 20.7 Å². The van der Waals surface area contributed by atoms with Crippen molar-refractivity contribution in [1.29, 1.82) is 5.26 Å². The lowest BCUT2D eigenvalue weighted by Crippen LogP contribution is -2.30. The van der Waals surface area contributed by atoms with Gasteiger partial charge in [-0.1, -0.05) is 11.8 Å². The Morgan fingerprint density at radius 2 is 1.81 bits per heavy atom. The Balaban J connectivity index is 1.70. The zero-order chi connectivity index (χ0) is 26.4. The summed E-state index contributed by atoms with van der Waals surface area (Å²) >= 11 is 2.28. The van der Waals surface area contributed by atoms with Crippen molar-refractivity contribution in [3.63, 3.8) is 0 Å². The van der Waals surface area contributed by atoms with Crippen LogP contribution in [0.1, 0.15) is 11.1 Å². The fraction of sp³-hybridized carbons (Fsp3) is 0.125. The summed E-state index contributed by atoms with van der Waals surface area (Å²) in [5, 5.41) is 9.96. The van der Waals surface area contributed by atoms with Crippen molar-refractivity contribution in [2.24, 2.45) is 5.90 Å². The summed E-state index contributed by atoms with van der Waals surface area (Å²) in [4.78, 5) is 10.3. The largest absolute Gasteiger partial charge is 0.497 e. The van der Waals surface area contributed by atoms with Gasteiger partial charge in [-0.2, -0.15) is 15.5 Å². The number of hydrogen-bond acceptors (Lipinski definition) is 11. The van der Waals surface area contributed by atoms with Crippen LogP contribution in [0.2, 0.25) is 0 Å². The van der Waals surface area contributed by atoms with E-state index in [2.05, 4.69) is 15.4 Å². The third-order valence-corrected chi connectivity index (χ3v) is 8.84. The lowest BCUT2D eigenvalue weighted by Gasteiger charge is -2.23. The Hall–Kier alpha value is -3.83. The molecule has 2 N–H and O–H groups in total. The third-order valence-electron chi connectivity index (χ3n) is 5.22. The van der Waals surface area contributed by atoms with Crippen LogP contribution in [-0.4, -0.2) is 32.0 Å². The molecule has 0 atom stereocenters. The van der Waals surface area contributed by atoms with E-state index in [1.807, 2.05) is 24.3 Å². The Morgan fingerprint density at radius 1 is 1.05 bits per heavy atom. The highest BCUT2D eigenvalue weighted by Crippen LogP contribution is 2.35. The Bertz CT molecular complexity index is 1520. The van der Waals surface area contributed by atoms with Crippen LogP contribution in [0, 0.1) is 11.3 Å². The Labute approximate surface area is 222 Å². The summed E-state index contributed by atoms with van der Waals surface area (Å²) in [6.45, 7) is -0.101. The van der Waals surface area contributed by atoms with Gasteiger partial charge in [-0.05, 0) is 54.6 Å². The maximum Gasteiger partial charge on any atom is 0.266 e. The number of nitrogens with zero attached hydrogens (tertiary/aromatic N) is 4. The average molecular weight is 556 g/mol. The van der Waals surface area contributed by atoms with Crippen LogP contribution in [0.5, 0.6) is 17.2 Å². The van der Waals surface area contributed by atoms with Crippen molar-refractivity contribution < 1.29 is 22.7 Å². The Kier molecular flexibility index (Phi) is 8.14. The summed E-state index contributed by atoms with van der Waals surface area (Å²) in [7, 11) is -1.10. The first kappa shape index (κ1) is 26.2. The summed E-state index contributed by atoms with van der Waals surface area (Å²) in [5.74, 6) is 6.69. The second-order valence-corrected chi connectivity index (χ2v) is 11.1. The van der Waals surface area contributed by atoms with E-state index in [-0.39, 0.29) is 22.1 Å². The minimum atomic E-state index is -4.14. The van der Waals surface area contributed by atoms with Crippen LogP contribution < -0.4 is 24.5 Å². The summed E-state index contributed by atoms with van der Waals surface area (Å²) in [6.07, 6.45) is 1.28. The topological polar surface area (TPSA) is 141 Å². The van der Waals surface area contributed by atoms with E-state index in [1.54, 1.807) is 31.4 Å². The minimum absolute atomic E-state index is 0.0563. The number of nitrogens with two attached hydrogens (primary N) is 1. The fourth-order valence-electron chi connectivity index (χ4n) is 3.36. The number of sulfonamides is 1. The highest BCUT2D eigenvalue weighted by Gasteiger charge is 2.29. The summed E-state index contributed by atoms with van der Waals surface area (Å²) in [6, 6.07) is 18.7. The monoisotopic (exact) mass is 555 g/mol. The molecule has 13 heteroatoms. The number of anilines is 1. The van der Waals surface area contributed by atoms with E-state index in [4.69, 9.17) is 20.2 Å². The molecule has 0 bridgehead atoms. The van der Waals surface area contributed by atoms with Crippen molar-refractivity contribution in [2.75, 3.05) is 18.5 Å². The first-order valence-electron chi connectivity index (χ1n) is 10.6. The average Bonchev–Trinajstić information content (AvgIpc) is 3.46. The van der Waals surface area contributed by atoms with Gasteiger partial charge in [0.05, 0.1) is 31.2 Å². The molecule has 0 fully saturated rings. The predicted molar refractivity (Wildman–Crippen MR) is 139 cm³/mol. The second kappa shape index (κ2) is 11.5. The molecule has 10 nitrogen and oxygen atoms in total. The molecule has 4 aromatic rings. The SMILES string of the molecule is COc1ccc(Sc2ccc(S(=O)(=O)N(Cc3ccc(ON)cc3OC)c3ncns3)cc2C#N)cc1. The van der Waals surface area contributed by atoms with Crippen LogP contribution in [0.3, 0.4) is 0 Å². The molecule has 1 heterocycles. The molecular formula is C24H21N5O5S3. The number of rotatable bonds is 10. The zero-order valence-electron chi connectivity index (χ0n) is 19.7. The first-order valence-corrected chi connectivity index (χ1v) is 13.6. The number of methoxy groups -OCH3 is 2. The molecule has 0 aliphatic carbocycles. The van der Waals surface area contributed by atoms with Gasteiger partial charge >= 0.3 is 0 Å². The minimum Gasteiger partial charge on any atom is -0.497 e. The fourth-order valence-corrected chi connectivity index (χ4v) is 6.39. The lowest BCUT2D eigenvalue weighted by atomic mass is 10.2. The van der Waals surface area contributed by atoms with E-state index in [0.29, 0.717) is 27.7 Å². The van der Waals surface area contributed by atoms with Gasteiger partial charge in [0.15, 0.2) is 5.75 Å². The number of benzene rings is 3. The van der Waals surface area contributed by atoms with E-state index < -0.39 is 10.0 Å². The highest BCUT2D eigenvalue weighted by atomic mass is 32.2.